The Hall–Kier alpha value is -2.38. The number of nitrogens with zero attached hydrogens (tertiary/aromatic N) is 1. The van der Waals surface area contributed by atoms with E-state index in [1.165, 1.54) is 12.1 Å². The lowest BCUT2D eigenvalue weighted by Gasteiger charge is -2.06. The molecule has 0 fully saturated rings. The van der Waals surface area contributed by atoms with Crippen molar-refractivity contribution in [3.8, 4) is 6.07 Å². The van der Waals surface area contributed by atoms with Crippen LogP contribution in [0.4, 0.5) is 4.39 Å². The van der Waals surface area contributed by atoms with Gasteiger partial charge < -0.3 is 4.74 Å². The Morgan fingerprint density at radius 2 is 1.95 bits per heavy atom. The Bertz CT molecular complexity index is 677. The average molecular weight is 290 g/mol. The maximum Gasteiger partial charge on any atom is 0.341 e. The monoisotopic (exact) mass is 289 g/mol. The molecule has 0 unspecified atom stereocenters. The van der Waals surface area contributed by atoms with Gasteiger partial charge in [-0.15, -0.1) is 0 Å². The van der Waals surface area contributed by atoms with Gasteiger partial charge in [0, 0.05) is 5.02 Å². The van der Waals surface area contributed by atoms with Gasteiger partial charge in [-0.3, -0.25) is 0 Å². The maximum absolute atomic E-state index is 13.4. The smallest absolute Gasteiger partial charge is 0.341 e. The van der Waals surface area contributed by atoms with Crippen LogP contribution >= 0.6 is 11.6 Å². The second-order valence-corrected chi connectivity index (χ2v) is 4.45. The van der Waals surface area contributed by atoms with E-state index in [1.807, 2.05) is 6.07 Å². The molecule has 20 heavy (non-hydrogen) atoms. The summed E-state index contributed by atoms with van der Waals surface area (Å²) in [5, 5.41) is 8.92. The van der Waals surface area contributed by atoms with Crippen LogP contribution in [-0.2, 0) is 11.3 Å². The molecule has 0 aromatic heterocycles. The van der Waals surface area contributed by atoms with Gasteiger partial charge in [0.05, 0.1) is 17.2 Å². The summed E-state index contributed by atoms with van der Waals surface area (Å²) in [6.07, 6.45) is 0. The van der Waals surface area contributed by atoms with E-state index in [0.717, 1.165) is 6.07 Å². The van der Waals surface area contributed by atoms with Gasteiger partial charge in [-0.25, -0.2) is 9.18 Å². The van der Waals surface area contributed by atoms with Crippen LogP contribution in [0.25, 0.3) is 0 Å². The molecule has 0 aliphatic rings. The van der Waals surface area contributed by atoms with Gasteiger partial charge in [0.25, 0.3) is 0 Å². The first-order chi connectivity index (χ1) is 9.60. The van der Waals surface area contributed by atoms with Crippen molar-refractivity contribution in [1.82, 2.24) is 0 Å². The van der Waals surface area contributed by atoms with Crippen LogP contribution in [0.15, 0.2) is 42.5 Å². The lowest BCUT2D eigenvalue weighted by atomic mass is 10.1. The number of nitriles is 1. The van der Waals surface area contributed by atoms with Gasteiger partial charge in [0.2, 0.25) is 0 Å². The Labute approximate surface area is 120 Å². The lowest BCUT2D eigenvalue weighted by molar-refractivity contribution is 0.0467. The molecule has 2 aromatic rings. The third kappa shape index (κ3) is 3.34. The number of esters is 1. The Morgan fingerprint density at radius 1 is 1.25 bits per heavy atom. The molecule has 0 saturated heterocycles. The molecule has 100 valence electrons. The average Bonchev–Trinajstić information content (AvgIpc) is 2.47. The minimum Gasteiger partial charge on any atom is -0.457 e. The van der Waals surface area contributed by atoms with E-state index < -0.39 is 11.8 Å². The Kier molecular flexibility index (Phi) is 4.34. The van der Waals surface area contributed by atoms with Crippen LogP contribution in [0.3, 0.4) is 0 Å². The van der Waals surface area contributed by atoms with Crippen LogP contribution < -0.4 is 0 Å². The third-order valence-electron chi connectivity index (χ3n) is 2.60. The van der Waals surface area contributed by atoms with E-state index in [1.54, 1.807) is 24.3 Å². The summed E-state index contributed by atoms with van der Waals surface area (Å²) in [7, 11) is 0. The van der Waals surface area contributed by atoms with Crippen LogP contribution in [0.2, 0.25) is 5.02 Å². The highest BCUT2D eigenvalue weighted by atomic mass is 35.5. The van der Waals surface area contributed by atoms with Gasteiger partial charge in [-0.2, -0.15) is 5.26 Å². The molecule has 2 aromatic carbocycles. The van der Waals surface area contributed by atoms with E-state index in [-0.39, 0.29) is 17.2 Å². The SMILES string of the molecule is N#Cc1ccc(COC(=O)c2cc(Cl)ccc2F)cc1. The van der Waals surface area contributed by atoms with Gasteiger partial charge in [0.15, 0.2) is 0 Å². The molecule has 0 bridgehead atoms. The molecule has 0 aliphatic carbocycles. The van der Waals surface area contributed by atoms with E-state index in [0.29, 0.717) is 11.1 Å². The number of halogens is 2. The highest BCUT2D eigenvalue weighted by Crippen LogP contribution is 2.16. The molecule has 0 N–H and O–H groups in total. The first-order valence-electron chi connectivity index (χ1n) is 5.71. The van der Waals surface area contributed by atoms with Gasteiger partial charge in [-0.1, -0.05) is 23.7 Å². The summed E-state index contributed by atoms with van der Waals surface area (Å²) in [5.74, 6) is -1.46. The first kappa shape index (κ1) is 14.0. The zero-order valence-electron chi connectivity index (χ0n) is 10.3. The number of rotatable bonds is 3. The van der Waals surface area contributed by atoms with Crippen LogP contribution in [0.5, 0.6) is 0 Å². The number of benzene rings is 2. The van der Waals surface area contributed by atoms with E-state index in [4.69, 9.17) is 21.6 Å². The van der Waals surface area contributed by atoms with Crippen LogP contribution in [-0.4, -0.2) is 5.97 Å². The second kappa shape index (κ2) is 6.18. The van der Waals surface area contributed by atoms with Crippen molar-refractivity contribution in [2.75, 3.05) is 0 Å². The summed E-state index contributed by atoms with van der Waals surface area (Å²) in [5.41, 5.74) is 1.02. The summed E-state index contributed by atoms with van der Waals surface area (Å²) >= 11 is 5.71. The summed E-state index contributed by atoms with van der Waals surface area (Å²) in [4.78, 5) is 11.7. The molecule has 2 rings (SSSR count). The first-order valence-corrected chi connectivity index (χ1v) is 6.09. The van der Waals surface area contributed by atoms with Crippen molar-refractivity contribution in [3.63, 3.8) is 0 Å². The number of carbonyl (C=O) groups is 1. The molecule has 0 aliphatic heterocycles. The second-order valence-electron chi connectivity index (χ2n) is 4.01. The summed E-state index contributed by atoms with van der Waals surface area (Å²) in [6.45, 7) is -0.00348. The highest BCUT2D eigenvalue weighted by Gasteiger charge is 2.13. The normalized spacial score (nSPS) is 9.85. The predicted octanol–water partition coefficient (Wildman–Crippen LogP) is 3.71. The van der Waals surface area contributed by atoms with Crippen molar-refractivity contribution in [3.05, 3.63) is 70.0 Å². The van der Waals surface area contributed by atoms with E-state index >= 15 is 0 Å². The predicted molar refractivity (Wildman–Crippen MR) is 71.7 cm³/mol. The summed E-state index contributed by atoms with van der Waals surface area (Å²) in [6, 6.07) is 12.2. The Balaban J connectivity index is 2.04. The molecule has 5 heteroatoms. The quantitative estimate of drug-likeness (QED) is 0.809. The van der Waals surface area contributed by atoms with Crippen molar-refractivity contribution in [1.29, 1.82) is 5.26 Å². The fraction of sp³-hybridized carbons (Fsp3) is 0.0667. The topological polar surface area (TPSA) is 50.1 Å². The van der Waals surface area contributed by atoms with Gasteiger partial charge in [-0.05, 0) is 35.9 Å². The third-order valence-corrected chi connectivity index (χ3v) is 2.84. The largest absolute Gasteiger partial charge is 0.457 e. The molecule has 0 spiro atoms. The number of hydrogen-bond donors (Lipinski definition) is 0. The number of hydrogen-bond acceptors (Lipinski definition) is 3. The van der Waals surface area contributed by atoms with Gasteiger partial charge >= 0.3 is 5.97 Å². The summed E-state index contributed by atoms with van der Waals surface area (Å²) < 4.78 is 18.5. The Morgan fingerprint density at radius 3 is 2.60 bits per heavy atom. The molecule has 0 radical (unpaired) electrons. The molecular formula is C15H9ClFNO2. The van der Waals surface area contributed by atoms with Crippen molar-refractivity contribution >= 4 is 17.6 Å². The van der Waals surface area contributed by atoms with E-state index in [2.05, 4.69) is 0 Å². The van der Waals surface area contributed by atoms with Crippen molar-refractivity contribution in [2.24, 2.45) is 0 Å². The molecule has 0 atom stereocenters. The minimum absolute atomic E-state index is 0.00348. The number of ether oxygens (including phenoxy) is 1. The lowest BCUT2D eigenvalue weighted by Crippen LogP contribution is -2.07. The zero-order valence-corrected chi connectivity index (χ0v) is 11.0. The van der Waals surface area contributed by atoms with Crippen LogP contribution in [0, 0.1) is 17.1 Å². The van der Waals surface area contributed by atoms with E-state index in [9.17, 15) is 9.18 Å². The van der Waals surface area contributed by atoms with Crippen molar-refractivity contribution in [2.45, 2.75) is 6.61 Å². The molecule has 0 saturated carbocycles. The number of carbonyl (C=O) groups excluding carboxylic acids is 1. The maximum atomic E-state index is 13.4. The minimum atomic E-state index is -0.783. The molecule has 3 nitrogen and oxygen atoms in total. The highest BCUT2D eigenvalue weighted by molar-refractivity contribution is 6.30. The molecule has 0 amide bonds. The standard InChI is InChI=1S/C15H9ClFNO2/c16-12-5-6-14(17)13(7-12)15(19)20-9-11-3-1-10(8-18)2-4-11/h1-7H,9H2. The zero-order chi connectivity index (χ0) is 14.5. The van der Waals surface area contributed by atoms with Crippen molar-refractivity contribution < 1.29 is 13.9 Å². The molecule has 0 heterocycles. The van der Waals surface area contributed by atoms with Crippen LogP contribution in [0.1, 0.15) is 21.5 Å². The fourth-order valence-electron chi connectivity index (χ4n) is 1.56. The fourth-order valence-corrected chi connectivity index (χ4v) is 1.73. The van der Waals surface area contributed by atoms with Gasteiger partial charge in [0.1, 0.15) is 12.4 Å². The molecular weight excluding hydrogens is 281 g/mol.